The van der Waals surface area contributed by atoms with Crippen LogP contribution in [0.4, 0.5) is 0 Å². The highest BCUT2D eigenvalue weighted by Crippen LogP contribution is 2.50. The van der Waals surface area contributed by atoms with Crippen LogP contribution in [0.25, 0.3) is 72.0 Å². The molecular formula is C38H21N3. The number of para-hydroxylation sites is 1. The normalized spacial score (nSPS) is 11.4. The molecule has 0 amide bonds. The van der Waals surface area contributed by atoms with Crippen LogP contribution in [-0.4, -0.2) is 4.57 Å². The highest BCUT2D eigenvalue weighted by atomic mass is 15.0. The molecule has 8 rings (SSSR count). The summed E-state index contributed by atoms with van der Waals surface area (Å²) in [5.41, 5.74) is 12.7. The fourth-order valence-corrected chi connectivity index (χ4v) is 6.46. The molecule has 0 fully saturated rings. The van der Waals surface area contributed by atoms with E-state index in [1.165, 1.54) is 33.0 Å². The molecule has 0 unspecified atom stereocenters. The molecule has 1 aromatic heterocycles. The van der Waals surface area contributed by atoms with Gasteiger partial charge in [-0.15, -0.1) is 0 Å². The van der Waals surface area contributed by atoms with Crippen molar-refractivity contribution < 1.29 is 0 Å². The molecule has 0 radical (unpaired) electrons. The first-order valence-electron chi connectivity index (χ1n) is 13.6. The molecule has 3 heteroatoms. The van der Waals surface area contributed by atoms with E-state index in [2.05, 4.69) is 95.6 Å². The first-order valence-corrected chi connectivity index (χ1v) is 13.6. The predicted molar refractivity (Wildman–Crippen MR) is 166 cm³/mol. The molecule has 1 aliphatic carbocycles. The van der Waals surface area contributed by atoms with E-state index in [9.17, 15) is 10.5 Å². The fourth-order valence-electron chi connectivity index (χ4n) is 6.46. The Kier molecular flexibility index (Phi) is 4.95. The van der Waals surface area contributed by atoms with Crippen molar-refractivity contribution in [1.29, 1.82) is 10.5 Å². The van der Waals surface area contributed by atoms with Gasteiger partial charge in [0.2, 0.25) is 0 Å². The van der Waals surface area contributed by atoms with E-state index in [0.717, 1.165) is 39.0 Å². The van der Waals surface area contributed by atoms with E-state index < -0.39 is 0 Å². The molecule has 41 heavy (non-hydrogen) atoms. The summed E-state index contributed by atoms with van der Waals surface area (Å²) >= 11 is 0. The number of rotatable bonds is 3. The number of benzene rings is 6. The van der Waals surface area contributed by atoms with Crippen molar-refractivity contribution in [1.82, 2.24) is 4.57 Å². The maximum atomic E-state index is 9.50. The lowest BCUT2D eigenvalue weighted by Gasteiger charge is -2.17. The third kappa shape index (κ3) is 3.31. The second-order valence-electron chi connectivity index (χ2n) is 10.4. The van der Waals surface area contributed by atoms with E-state index in [1.54, 1.807) is 0 Å². The molecule has 0 aliphatic heterocycles. The minimum absolute atomic E-state index is 0.624. The molecule has 1 aliphatic rings. The smallest absolute Gasteiger partial charge is 0.0991 e. The molecule has 0 bridgehead atoms. The third-order valence-electron chi connectivity index (χ3n) is 8.23. The minimum atomic E-state index is 0.624. The molecule has 188 valence electrons. The van der Waals surface area contributed by atoms with Gasteiger partial charge >= 0.3 is 0 Å². The van der Waals surface area contributed by atoms with Gasteiger partial charge in [0.05, 0.1) is 40.2 Å². The van der Waals surface area contributed by atoms with Gasteiger partial charge in [-0.1, -0.05) is 91.0 Å². The van der Waals surface area contributed by atoms with Gasteiger partial charge in [-0.3, -0.25) is 0 Å². The van der Waals surface area contributed by atoms with E-state index in [4.69, 9.17) is 0 Å². The Morgan fingerprint density at radius 3 is 1.71 bits per heavy atom. The van der Waals surface area contributed by atoms with Gasteiger partial charge in [0, 0.05) is 16.3 Å². The van der Waals surface area contributed by atoms with Crippen molar-refractivity contribution in [3.8, 4) is 62.5 Å². The van der Waals surface area contributed by atoms with Crippen LogP contribution in [0.3, 0.4) is 0 Å². The maximum Gasteiger partial charge on any atom is 0.0991 e. The van der Waals surface area contributed by atoms with Gasteiger partial charge in [-0.25, -0.2) is 0 Å². The van der Waals surface area contributed by atoms with Crippen LogP contribution < -0.4 is 0 Å². The van der Waals surface area contributed by atoms with Crippen LogP contribution >= 0.6 is 0 Å². The summed E-state index contributed by atoms with van der Waals surface area (Å²) in [5.74, 6) is 0. The minimum Gasteiger partial charge on any atom is -0.308 e. The highest BCUT2D eigenvalue weighted by molar-refractivity contribution is 6.18. The number of nitriles is 2. The lowest BCUT2D eigenvalue weighted by atomic mass is 9.97. The van der Waals surface area contributed by atoms with Crippen molar-refractivity contribution in [2.45, 2.75) is 0 Å². The zero-order chi connectivity index (χ0) is 27.5. The summed E-state index contributed by atoms with van der Waals surface area (Å²) < 4.78 is 2.37. The Balaban J connectivity index is 1.51. The fraction of sp³-hybridized carbons (Fsp3) is 0. The Labute approximate surface area is 237 Å². The molecule has 0 atom stereocenters. The van der Waals surface area contributed by atoms with Gasteiger partial charge < -0.3 is 4.57 Å². The average molecular weight is 520 g/mol. The summed E-state index contributed by atoms with van der Waals surface area (Å²) in [6, 6.07) is 48.4. The Bertz CT molecular complexity index is 2220. The summed E-state index contributed by atoms with van der Waals surface area (Å²) in [4.78, 5) is 0. The van der Waals surface area contributed by atoms with Crippen LogP contribution in [0.15, 0.2) is 127 Å². The van der Waals surface area contributed by atoms with Crippen molar-refractivity contribution in [3.63, 3.8) is 0 Å². The SMILES string of the molecule is N#Cc1ccc(-c2c(-c3ccc(C#N)cc3)n(-c3ccc4c5c(cccc35)-c3ccccc3-4)c3ccccc23)cc1. The largest absolute Gasteiger partial charge is 0.308 e. The van der Waals surface area contributed by atoms with Gasteiger partial charge in [-0.2, -0.15) is 10.5 Å². The Hall–Kier alpha value is -5.90. The molecule has 0 saturated heterocycles. The van der Waals surface area contributed by atoms with Crippen LogP contribution in [-0.2, 0) is 0 Å². The third-order valence-corrected chi connectivity index (χ3v) is 8.23. The summed E-state index contributed by atoms with van der Waals surface area (Å²) in [6.45, 7) is 0. The zero-order valence-corrected chi connectivity index (χ0v) is 22.0. The van der Waals surface area contributed by atoms with Crippen molar-refractivity contribution >= 4 is 21.7 Å². The number of nitrogens with zero attached hydrogens (tertiary/aromatic N) is 3. The first-order chi connectivity index (χ1) is 20.3. The van der Waals surface area contributed by atoms with Gasteiger partial charge in [0.1, 0.15) is 0 Å². The number of hydrogen-bond donors (Lipinski definition) is 0. The van der Waals surface area contributed by atoms with Crippen molar-refractivity contribution in [2.75, 3.05) is 0 Å². The topological polar surface area (TPSA) is 52.5 Å². The van der Waals surface area contributed by atoms with Gasteiger partial charge in [-0.05, 0) is 75.2 Å². The molecule has 3 nitrogen and oxygen atoms in total. The van der Waals surface area contributed by atoms with Crippen LogP contribution in [0, 0.1) is 22.7 Å². The number of hydrogen-bond acceptors (Lipinski definition) is 2. The van der Waals surface area contributed by atoms with Crippen LogP contribution in [0.2, 0.25) is 0 Å². The summed E-state index contributed by atoms with van der Waals surface area (Å²) in [6.07, 6.45) is 0. The van der Waals surface area contributed by atoms with Crippen LogP contribution in [0.5, 0.6) is 0 Å². The van der Waals surface area contributed by atoms with E-state index in [0.29, 0.717) is 11.1 Å². The molecular weight excluding hydrogens is 498 g/mol. The monoisotopic (exact) mass is 519 g/mol. The van der Waals surface area contributed by atoms with Gasteiger partial charge in [0.15, 0.2) is 0 Å². The van der Waals surface area contributed by atoms with E-state index >= 15 is 0 Å². The Morgan fingerprint density at radius 2 is 1.02 bits per heavy atom. The maximum absolute atomic E-state index is 9.50. The second-order valence-corrected chi connectivity index (χ2v) is 10.4. The van der Waals surface area contributed by atoms with Gasteiger partial charge in [0.25, 0.3) is 0 Å². The predicted octanol–water partition coefficient (Wildman–Crippen LogP) is 9.51. The quantitative estimate of drug-likeness (QED) is 0.233. The zero-order valence-electron chi connectivity index (χ0n) is 22.0. The van der Waals surface area contributed by atoms with E-state index in [-0.39, 0.29) is 0 Å². The lowest BCUT2D eigenvalue weighted by molar-refractivity contribution is 1.15. The standard InChI is InChI=1S/C38H21N3/c39-22-24-12-16-26(17-13-24)36-32-8-3-4-11-34(32)41(38(36)27-18-14-25(23-40)15-19-27)35-21-20-31-29-7-2-1-6-28(29)30-9-5-10-33(35)37(30)31/h1-21H. The van der Waals surface area contributed by atoms with Crippen molar-refractivity contribution in [2.24, 2.45) is 0 Å². The van der Waals surface area contributed by atoms with Crippen LogP contribution in [0.1, 0.15) is 11.1 Å². The molecule has 0 saturated carbocycles. The van der Waals surface area contributed by atoms with Crippen molar-refractivity contribution in [3.05, 3.63) is 139 Å². The summed E-state index contributed by atoms with van der Waals surface area (Å²) in [5, 5.41) is 22.5. The highest BCUT2D eigenvalue weighted by Gasteiger charge is 2.26. The lowest BCUT2D eigenvalue weighted by Crippen LogP contribution is -1.99. The second kappa shape index (κ2) is 8.82. The molecule has 6 aromatic carbocycles. The number of aromatic nitrogens is 1. The number of fused-ring (bicyclic) bond motifs is 4. The molecule has 7 aromatic rings. The van der Waals surface area contributed by atoms with E-state index in [1.807, 2.05) is 48.5 Å². The first kappa shape index (κ1) is 23.0. The Morgan fingerprint density at radius 1 is 0.463 bits per heavy atom. The molecule has 1 heterocycles. The molecule has 0 N–H and O–H groups in total. The average Bonchev–Trinajstić information content (AvgIpc) is 3.56. The summed E-state index contributed by atoms with van der Waals surface area (Å²) in [7, 11) is 0. The molecule has 0 spiro atoms.